The van der Waals surface area contributed by atoms with Crippen molar-refractivity contribution in [1.29, 1.82) is 0 Å². The van der Waals surface area contributed by atoms with Crippen LogP contribution >= 0.6 is 11.3 Å². The molecule has 16 heavy (non-hydrogen) atoms. The van der Waals surface area contributed by atoms with Gasteiger partial charge in [-0.25, -0.2) is 0 Å². The molecular formula is C11H12N2O2S. The van der Waals surface area contributed by atoms with Crippen LogP contribution in [0.3, 0.4) is 0 Å². The number of thiophene rings is 1. The normalized spacial score (nSPS) is 10.4. The fourth-order valence-corrected chi connectivity index (χ4v) is 2.18. The van der Waals surface area contributed by atoms with Crippen LogP contribution in [0.5, 0.6) is 5.75 Å². The monoisotopic (exact) mass is 236 g/mol. The Morgan fingerprint density at radius 2 is 2.44 bits per heavy atom. The lowest BCUT2D eigenvalue weighted by Crippen LogP contribution is -2.02. The van der Waals surface area contributed by atoms with E-state index in [1.165, 1.54) is 11.3 Å². The molecule has 0 saturated carbocycles. The predicted octanol–water partition coefficient (Wildman–Crippen LogP) is 1.92. The van der Waals surface area contributed by atoms with Gasteiger partial charge in [0.05, 0.1) is 24.1 Å². The van der Waals surface area contributed by atoms with Gasteiger partial charge in [0.25, 0.3) is 0 Å². The zero-order valence-electron chi connectivity index (χ0n) is 9.14. The summed E-state index contributed by atoms with van der Waals surface area (Å²) in [5.74, 6) is 0.807. The fourth-order valence-electron chi connectivity index (χ4n) is 1.38. The lowest BCUT2D eigenvalue weighted by Gasteiger charge is -1.94. The van der Waals surface area contributed by atoms with Crippen molar-refractivity contribution < 1.29 is 9.53 Å². The summed E-state index contributed by atoms with van der Waals surface area (Å²) in [7, 11) is 3.43. The maximum absolute atomic E-state index is 11.9. The minimum atomic E-state index is 0.0759. The first kappa shape index (κ1) is 10.9. The van der Waals surface area contributed by atoms with Gasteiger partial charge >= 0.3 is 0 Å². The van der Waals surface area contributed by atoms with E-state index in [0.717, 1.165) is 11.4 Å². The van der Waals surface area contributed by atoms with Gasteiger partial charge in [0.1, 0.15) is 5.75 Å². The molecular weight excluding hydrogens is 224 g/mol. The molecule has 0 aliphatic carbocycles. The summed E-state index contributed by atoms with van der Waals surface area (Å²) in [5, 5.41) is 6.00. The Balaban J connectivity index is 2.08. The number of carbonyl (C=O) groups is 1. The molecule has 2 aromatic rings. The third-order valence-electron chi connectivity index (χ3n) is 2.20. The molecule has 84 valence electrons. The molecule has 0 aliphatic heterocycles. The average molecular weight is 236 g/mol. The maximum atomic E-state index is 11.9. The highest BCUT2D eigenvalue weighted by atomic mass is 32.1. The van der Waals surface area contributed by atoms with Crippen LogP contribution in [0.25, 0.3) is 0 Å². The minimum absolute atomic E-state index is 0.0759. The molecule has 0 aliphatic rings. The van der Waals surface area contributed by atoms with Crippen LogP contribution in [-0.4, -0.2) is 22.7 Å². The highest BCUT2D eigenvalue weighted by Gasteiger charge is 2.11. The molecule has 5 heteroatoms. The van der Waals surface area contributed by atoms with Gasteiger partial charge in [-0.15, -0.1) is 11.3 Å². The van der Waals surface area contributed by atoms with Crippen molar-refractivity contribution >= 4 is 17.1 Å². The summed E-state index contributed by atoms with van der Waals surface area (Å²) in [6.07, 6.45) is 2.17. The quantitative estimate of drug-likeness (QED) is 0.762. The van der Waals surface area contributed by atoms with Crippen molar-refractivity contribution in [3.63, 3.8) is 0 Å². The van der Waals surface area contributed by atoms with Gasteiger partial charge < -0.3 is 4.74 Å². The van der Waals surface area contributed by atoms with E-state index in [1.807, 2.05) is 24.7 Å². The van der Waals surface area contributed by atoms with E-state index in [-0.39, 0.29) is 5.78 Å². The number of Topliss-reactive ketones (excluding diaryl/α,β-unsaturated/α-hetero) is 1. The van der Waals surface area contributed by atoms with Crippen LogP contribution in [0.2, 0.25) is 0 Å². The molecule has 0 radical (unpaired) electrons. The Kier molecular flexibility index (Phi) is 3.05. The Morgan fingerprint density at radius 1 is 1.62 bits per heavy atom. The molecule has 2 rings (SSSR count). The molecule has 2 aromatic heterocycles. The second-order valence-electron chi connectivity index (χ2n) is 3.43. The Morgan fingerprint density at radius 3 is 3.00 bits per heavy atom. The zero-order valence-corrected chi connectivity index (χ0v) is 9.95. The van der Waals surface area contributed by atoms with Crippen molar-refractivity contribution in [2.45, 2.75) is 6.42 Å². The topological polar surface area (TPSA) is 44.1 Å². The highest BCUT2D eigenvalue weighted by Crippen LogP contribution is 2.22. The van der Waals surface area contributed by atoms with E-state index >= 15 is 0 Å². The summed E-state index contributed by atoms with van der Waals surface area (Å²) < 4.78 is 6.73. The highest BCUT2D eigenvalue weighted by molar-refractivity contribution is 7.12. The third kappa shape index (κ3) is 2.30. The number of hydrogen-bond donors (Lipinski definition) is 0. The molecule has 2 heterocycles. The SMILES string of the molecule is COc1csc(C(=O)Cc2ccn(C)n2)c1. The molecule has 0 N–H and O–H groups in total. The van der Waals surface area contributed by atoms with Gasteiger partial charge in [-0.05, 0) is 6.07 Å². The van der Waals surface area contributed by atoms with Crippen LogP contribution in [0, 0.1) is 0 Å². The molecule has 0 atom stereocenters. The van der Waals surface area contributed by atoms with E-state index in [0.29, 0.717) is 11.3 Å². The van der Waals surface area contributed by atoms with Crippen LogP contribution in [0.4, 0.5) is 0 Å². The molecule has 0 aromatic carbocycles. The first-order chi connectivity index (χ1) is 7.69. The third-order valence-corrected chi connectivity index (χ3v) is 3.15. The molecule has 0 bridgehead atoms. The number of methoxy groups -OCH3 is 1. The largest absolute Gasteiger partial charge is 0.496 e. The van der Waals surface area contributed by atoms with Crippen LogP contribution < -0.4 is 4.74 Å². The van der Waals surface area contributed by atoms with Gasteiger partial charge in [-0.3, -0.25) is 9.48 Å². The van der Waals surface area contributed by atoms with Gasteiger partial charge in [-0.1, -0.05) is 0 Å². The van der Waals surface area contributed by atoms with Crippen molar-refractivity contribution in [1.82, 2.24) is 9.78 Å². The van der Waals surface area contributed by atoms with Crippen molar-refractivity contribution in [2.24, 2.45) is 7.05 Å². The summed E-state index contributed by atoms with van der Waals surface area (Å²) in [6.45, 7) is 0. The Bertz CT molecular complexity index is 502. The summed E-state index contributed by atoms with van der Waals surface area (Å²) in [4.78, 5) is 12.6. The second-order valence-corrected chi connectivity index (χ2v) is 4.34. The number of nitrogens with zero attached hydrogens (tertiary/aromatic N) is 2. The molecule has 0 fully saturated rings. The lowest BCUT2D eigenvalue weighted by molar-refractivity contribution is 0.0995. The number of ether oxygens (including phenoxy) is 1. The molecule has 0 unspecified atom stereocenters. The number of aryl methyl sites for hydroxylation is 1. The molecule has 0 spiro atoms. The van der Waals surface area contributed by atoms with Crippen LogP contribution in [0.15, 0.2) is 23.7 Å². The van der Waals surface area contributed by atoms with Gasteiger partial charge in [0.15, 0.2) is 5.78 Å². The molecule has 0 amide bonds. The van der Waals surface area contributed by atoms with E-state index in [2.05, 4.69) is 5.10 Å². The van der Waals surface area contributed by atoms with Crippen molar-refractivity contribution in [2.75, 3.05) is 7.11 Å². The predicted molar refractivity (Wildman–Crippen MR) is 62.1 cm³/mol. The smallest absolute Gasteiger partial charge is 0.178 e. The summed E-state index contributed by atoms with van der Waals surface area (Å²) >= 11 is 1.40. The van der Waals surface area contributed by atoms with E-state index in [1.54, 1.807) is 17.9 Å². The van der Waals surface area contributed by atoms with Crippen molar-refractivity contribution in [3.8, 4) is 5.75 Å². The molecule has 4 nitrogen and oxygen atoms in total. The Labute approximate surface area is 97.5 Å². The second kappa shape index (κ2) is 4.49. The Hall–Kier alpha value is -1.62. The maximum Gasteiger partial charge on any atom is 0.178 e. The average Bonchev–Trinajstić information content (AvgIpc) is 2.87. The standard InChI is InChI=1S/C11H12N2O2S/c1-13-4-3-8(12-13)5-10(14)11-6-9(15-2)7-16-11/h3-4,6-7H,5H2,1-2H3. The van der Waals surface area contributed by atoms with E-state index in [9.17, 15) is 4.79 Å². The van der Waals surface area contributed by atoms with Crippen molar-refractivity contribution in [3.05, 3.63) is 34.3 Å². The summed E-state index contributed by atoms with van der Waals surface area (Å²) in [6, 6.07) is 3.61. The van der Waals surface area contributed by atoms with Crippen LogP contribution in [0.1, 0.15) is 15.4 Å². The number of rotatable bonds is 4. The summed E-state index contributed by atoms with van der Waals surface area (Å²) in [5.41, 5.74) is 0.792. The number of carbonyl (C=O) groups excluding carboxylic acids is 1. The van der Waals surface area contributed by atoms with Gasteiger partial charge in [-0.2, -0.15) is 5.10 Å². The zero-order chi connectivity index (χ0) is 11.5. The fraction of sp³-hybridized carbons (Fsp3) is 0.273. The first-order valence-electron chi connectivity index (χ1n) is 4.83. The van der Waals surface area contributed by atoms with E-state index in [4.69, 9.17) is 4.74 Å². The van der Waals surface area contributed by atoms with Gasteiger partial charge in [0.2, 0.25) is 0 Å². The number of aromatic nitrogens is 2. The minimum Gasteiger partial charge on any atom is -0.496 e. The van der Waals surface area contributed by atoms with Gasteiger partial charge in [0, 0.05) is 24.7 Å². The van der Waals surface area contributed by atoms with Crippen LogP contribution in [-0.2, 0) is 13.5 Å². The number of ketones is 1. The lowest BCUT2D eigenvalue weighted by atomic mass is 10.2. The first-order valence-corrected chi connectivity index (χ1v) is 5.71. The van der Waals surface area contributed by atoms with E-state index < -0.39 is 0 Å². The molecule has 0 saturated heterocycles. The number of hydrogen-bond acceptors (Lipinski definition) is 4.